The van der Waals surface area contributed by atoms with E-state index in [0.29, 0.717) is 25.5 Å². The average Bonchev–Trinajstić information content (AvgIpc) is 3.16. The van der Waals surface area contributed by atoms with Crippen LogP contribution in [0.5, 0.6) is 11.5 Å². The Labute approximate surface area is 268 Å². The Balaban J connectivity index is 0.00000216. The van der Waals surface area contributed by atoms with Crippen molar-refractivity contribution in [3.05, 3.63) is 44.4 Å². The molecule has 0 saturated heterocycles. The van der Waals surface area contributed by atoms with Gasteiger partial charge in [0, 0.05) is 25.5 Å². The summed E-state index contributed by atoms with van der Waals surface area (Å²) in [5.74, 6) is -0.755. The molecular formula is C18H9Cl3Na2O8S4. The van der Waals surface area contributed by atoms with Crippen LogP contribution in [-0.2, 0) is 20.8 Å². The van der Waals surface area contributed by atoms with E-state index in [0.717, 1.165) is 22.7 Å². The molecule has 0 unspecified atom stereocenters. The topological polar surface area (TPSA) is 133 Å². The molecule has 0 N–H and O–H groups in total. The number of thiophene rings is 2. The van der Waals surface area contributed by atoms with E-state index in [4.69, 9.17) is 43.2 Å². The Morgan fingerprint density at radius 3 is 1.83 bits per heavy atom. The standard InChI is InChI=1S/C18H11Cl3O8S4.2Na/c1-6-3-8(19)4-11-12(6)14(28-32(22,23)24)17(30-11)18-15(29-33(25,26)27)13-7(2)9(20)5-10(21)16(13)31-18;;/h3-5H,1-2H3,(H,22,23,24)(H,25,26,27);;/q;2*+1/p-2. The van der Waals surface area contributed by atoms with E-state index in [-0.39, 0.29) is 95.4 Å². The van der Waals surface area contributed by atoms with Crippen LogP contribution in [0.4, 0.5) is 0 Å². The molecule has 35 heavy (non-hydrogen) atoms. The first-order valence-electron chi connectivity index (χ1n) is 8.61. The number of fused-ring (bicyclic) bond motifs is 2. The predicted octanol–water partition coefficient (Wildman–Crippen LogP) is 0.0460. The maximum atomic E-state index is 11.6. The van der Waals surface area contributed by atoms with E-state index < -0.39 is 26.5 Å². The third kappa shape index (κ3) is 6.63. The van der Waals surface area contributed by atoms with Crippen LogP contribution in [0.15, 0.2) is 18.2 Å². The average molecular weight is 634 g/mol. The zero-order chi connectivity index (χ0) is 24.5. The van der Waals surface area contributed by atoms with Crippen molar-refractivity contribution in [1.82, 2.24) is 0 Å². The smallest absolute Gasteiger partial charge is 0.716 e. The van der Waals surface area contributed by atoms with Gasteiger partial charge in [-0.15, -0.1) is 22.7 Å². The van der Waals surface area contributed by atoms with Gasteiger partial charge in [-0.05, 0) is 43.2 Å². The number of aryl methyl sites for hydroxylation is 2. The normalized spacial score (nSPS) is 11.9. The fraction of sp³-hybridized carbons (Fsp3) is 0.111. The van der Waals surface area contributed by atoms with E-state index in [1.54, 1.807) is 13.8 Å². The number of halogens is 3. The first-order valence-corrected chi connectivity index (χ1v) is 14.0. The van der Waals surface area contributed by atoms with Crippen LogP contribution in [0.1, 0.15) is 11.1 Å². The van der Waals surface area contributed by atoms with Gasteiger partial charge in [0.15, 0.2) is 11.5 Å². The van der Waals surface area contributed by atoms with Crippen LogP contribution < -0.4 is 67.5 Å². The molecule has 0 spiro atoms. The molecule has 0 aliphatic heterocycles. The summed E-state index contributed by atoms with van der Waals surface area (Å²) in [4.78, 5) is 0.0355. The van der Waals surface area contributed by atoms with Crippen molar-refractivity contribution >= 4 is 98.4 Å². The Bertz CT molecular complexity index is 1680. The first kappa shape index (κ1) is 31.9. The van der Waals surface area contributed by atoms with Gasteiger partial charge in [0.2, 0.25) is 0 Å². The minimum Gasteiger partial charge on any atom is -0.716 e. The Hall–Kier alpha value is 0.650. The van der Waals surface area contributed by atoms with Crippen LogP contribution in [0.3, 0.4) is 0 Å². The molecule has 0 radical (unpaired) electrons. The molecule has 0 amide bonds. The molecule has 0 aliphatic carbocycles. The molecule has 0 atom stereocenters. The van der Waals surface area contributed by atoms with E-state index in [1.807, 2.05) is 0 Å². The summed E-state index contributed by atoms with van der Waals surface area (Å²) >= 11 is 20.5. The van der Waals surface area contributed by atoms with Gasteiger partial charge in [0.1, 0.15) is 0 Å². The Morgan fingerprint density at radius 1 is 0.771 bits per heavy atom. The van der Waals surface area contributed by atoms with Gasteiger partial charge >= 0.3 is 59.1 Å². The summed E-state index contributed by atoms with van der Waals surface area (Å²) in [7, 11) is -10.5. The third-order valence-electron chi connectivity index (χ3n) is 4.55. The van der Waals surface area contributed by atoms with E-state index in [2.05, 4.69) is 0 Å². The molecule has 4 rings (SSSR count). The van der Waals surface area contributed by atoms with Crippen molar-refractivity contribution < 1.29 is 93.4 Å². The molecule has 176 valence electrons. The molecule has 4 aromatic rings. The van der Waals surface area contributed by atoms with Crippen molar-refractivity contribution in [2.75, 3.05) is 0 Å². The Morgan fingerprint density at radius 2 is 1.29 bits per heavy atom. The van der Waals surface area contributed by atoms with Gasteiger partial charge in [-0.2, -0.15) is 0 Å². The fourth-order valence-corrected chi connectivity index (χ4v) is 7.67. The fourth-order valence-electron chi connectivity index (χ4n) is 3.35. The van der Waals surface area contributed by atoms with Crippen LogP contribution >= 0.6 is 57.5 Å². The maximum absolute atomic E-state index is 11.6. The van der Waals surface area contributed by atoms with E-state index in [9.17, 15) is 25.9 Å². The van der Waals surface area contributed by atoms with Gasteiger partial charge in [-0.25, -0.2) is 16.8 Å². The van der Waals surface area contributed by atoms with Crippen LogP contribution in [0.2, 0.25) is 15.1 Å². The second-order valence-electron chi connectivity index (χ2n) is 6.77. The summed E-state index contributed by atoms with van der Waals surface area (Å²) in [6, 6.07) is 4.50. The number of benzene rings is 2. The summed E-state index contributed by atoms with van der Waals surface area (Å²) < 4.78 is 79.6. The largest absolute Gasteiger partial charge is 1.00 e. The molecule has 0 bridgehead atoms. The Kier molecular flexibility index (Phi) is 10.4. The SMILES string of the molecule is Cc1cc(Cl)cc2sc(-c3sc4c(Cl)cc(Cl)c(C)c4c3OS(=O)(=O)[O-])c(OS(=O)(=O)[O-])c12.[Na+].[Na+]. The molecule has 0 saturated carbocycles. The minimum atomic E-state index is -5.27. The van der Waals surface area contributed by atoms with Gasteiger partial charge < -0.3 is 17.5 Å². The molecule has 17 heteroatoms. The van der Waals surface area contributed by atoms with Gasteiger partial charge in [-0.3, -0.25) is 0 Å². The zero-order valence-corrected chi connectivity index (χ0v) is 27.8. The summed E-state index contributed by atoms with van der Waals surface area (Å²) in [5.41, 5.74) is 0.868. The second kappa shape index (κ2) is 11.4. The minimum absolute atomic E-state index is 0. The number of rotatable bonds is 5. The number of hydrogen-bond donors (Lipinski definition) is 0. The molecule has 2 heterocycles. The summed E-state index contributed by atoms with van der Waals surface area (Å²) in [5, 5.41) is 1.08. The van der Waals surface area contributed by atoms with Gasteiger partial charge in [0.05, 0.1) is 19.5 Å². The van der Waals surface area contributed by atoms with Crippen molar-refractivity contribution in [2.45, 2.75) is 13.8 Å². The second-order valence-corrected chi connectivity index (χ2v) is 12.1. The molecule has 0 fully saturated rings. The van der Waals surface area contributed by atoms with Crippen molar-refractivity contribution in [3.63, 3.8) is 0 Å². The van der Waals surface area contributed by atoms with Crippen LogP contribution in [0.25, 0.3) is 29.9 Å². The maximum Gasteiger partial charge on any atom is 1.00 e. The van der Waals surface area contributed by atoms with Crippen LogP contribution in [0, 0.1) is 13.8 Å². The van der Waals surface area contributed by atoms with E-state index in [1.165, 1.54) is 18.2 Å². The van der Waals surface area contributed by atoms with Gasteiger partial charge in [-0.1, -0.05) is 34.8 Å². The summed E-state index contributed by atoms with van der Waals surface area (Å²) in [6.45, 7) is 3.19. The molecule has 8 nitrogen and oxygen atoms in total. The van der Waals surface area contributed by atoms with E-state index >= 15 is 0 Å². The van der Waals surface area contributed by atoms with Gasteiger partial charge in [0.25, 0.3) is 20.8 Å². The van der Waals surface area contributed by atoms with Crippen LogP contribution in [-0.4, -0.2) is 25.9 Å². The predicted molar refractivity (Wildman–Crippen MR) is 128 cm³/mol. The number of hydrogen-bond acceptors (Lipinski definition) is 10. The molecule has 0 aliphatic rings. The van der Waals surface area contributed by atoms with Crippen molar-refractivity contribution in [3.8, 4) is 21.3 Å². The molecular weight excluding hydrogens is 625 g/mol. The quantitative estimate of drug-likeness (QED) is 0.171. The monoisotopic (exact) mass is 632 g/mol. The third-order valence-corrected chi connectivity index (χ3v) is 8.80. The zero-order valence-electron chi connectivity index (χ0n) is 18.3. The first-order chi connectivity index (χ1) is 15.2. The van der Waals surface area contributed by atoms with Crippen molar-refractivity contribution in [2.24, 2.45) is 0 Å². The van der Waals surface area contributed by atoms with Crippen molar-refractivity contribution in [1.29, 1.82) is 0 Å². The summed E-state index contributed by atoms with van der Waals surface area (Å²) in [6.07, 6.45) is 0. The molecule has 2 aromatic heterocycles. The molecule has 2 aromatic carbocycles.